The molecule has 21 heavy (non-hydrogen) atoms. The van der Waals surface area contributed by atoms with Crippen LogP contribution in [0.15, 0.2) is 29.6 Å². The predicted molar refractivity (Wildman–Crippen MR) is 80.6 cm³/mol. The molecule has 0 unspecified atom stereocenters. The highest BCUT2D eigenvalue weighted by Gasteiger charge is 2.18. The van der Waals surface area contributed by atoms with Crippen molar-refractivity contribution in [3.63, 3.8) is 0 Å². The number of carbonyl (C=O) groups is 1. The lowest BCUT2D eigenvalue weighted by molar-refractivity contribution is 0.0785. The first-order valence-corrected chi connectivity index (χ1v) is 7.41. The van der Waals surface area contributed by atoms with Gasteiger partial charge in [-0.05, 0) is 30.5 Å². The normalized spacial score (nSPS) is 10.5. The summed E-state index contributed by atoms with van der Waals surface area (Å²) in [6.07, 6.45) is 0. The fourth-order valence-electron chi connectivity index (χ4n) is 1.97. The highest BCUT2D eigenvalue weighted by Crippen LogP contribution is 2.22. The molecule has 1 N–H and O–H groups in total. The molecule has 2 rings (SSSR count). The zero-order chi connectivity index (χ0) is 15.4. The molecule has 3 nitrogen and oxygen atoms in total. The molecule has 0 bridgehead atoms. The Labute approximate surface area is 126 Å². The van der Waals surface area contributed by atoms with Crippen LogP contribution < -0.4 is 5.32 Å². The number of hydrogen-bond acceptors (Lipinski definition) is 3. The first kappa shape index (κ1) is 15.4. The van der Waals surface area contributed by atoms with Crippen LogP contribution in [0.5, 0.6) is 0 Å². The maximum atomic E-state index is 13.8. The van der Waals surface area contributed by atoms with Crippen molar-refractivity contribution in [3.05, 3.63) is 51.7 Å². The minimum Gasteiger partial charge on any atom is -0.381 e. The Bertz CT molecular complexity index is 606. The molecule has 6 heteroatoms. The molecule has 1 amide bonds. The minimum absolute atomic E-state index is 0.00529. The number of halogens is 2. The molecule has 2 aromatic rings. The number of thiophene rings is 1. The molecule has 0 saturated carbocycles. The first-order chi connectivity index (χ1) is 10.0. The Kier molecular flexibility index (Phi) is 4.90. The Balaban J connectivity index is 2.19. The Morgan fingerprint density at radius 2 is 2.00 bits per heavy atom. The van der Waals surface area contributed by atoms with E-state index in [-0.39, 0.29) is 11.3 Å². The van der Waals surface area contributed by atoms with Gasteiger partial charge in [-0.2, -0.15) is 0 Å². The maximum Gasteiger partial charge on any atom is 0.254 e. The molecule has 112 valence electrons. The molecule has 0 aliphatic heterocycles. The monoisotopic (exact) mass is 310 g/mol. The molecule has 0 saturated heterocycles. The van der Waals surface area contributed by atoms with Gasteiger partial charge >= 0.3 is 0 Å². The third-order valence-electron chi connectivity index (χ3n) is 2.96. The number of nitrogens with one attached hydrogen (secondary N) is 1. The molecule has 0 aliphatic rings. The van der Waals surface area contributed by atoms with Gasteiger partial charge in [0.2, 0.25) is 0 Å². The third kappa shape index (κ3) is 3.58. The average molecular weight is 310 g/mol. The summed E-state index contributed by atoms with van der Waals surface area (Å²) in [4.78, 5) is 14.7. The van der Waals surface area contributed by atoms with Crippen molar-refractivity contribution in [1.82, 2.24) is 4.90 Å². The van der Waals surface area contributed by atoms with Gasteiger partial charge in [-0.25, -0.2) is 8.78 Å². The van der Waals surface area contributed by atoms with E-state index in [2.05, 4.69) is 5.32 Å². The second-order valence-corrected chi connectivity index (χ2v) is 5.62. The molecule has 0 aliphatic carbocycles. The predicted octanol–water partition coefficient (Wildman–Crippen LogP) is 3.73. The van der Waals surface area contributed by atoms with Crippen LogP contribution in [0.25, 0.3) is 0 Å². The molecule has 1 heterocycles. The summed E-state index contributed by atoms with van der Waals surface area (Å²) in [5, 5.41) is 4.52. The van der Waals surface area contributed by atoms with Crippen LogP contribution in [0.2, 0.25) is 0 Å². The fourth-order valence-corrected chi connectivity index (χ4v) is 2.73. The van der Waals surface area contributed by atoms with Gasteiger partial charge < -0.3 is 10.2 Å². The van der Waals surface area contributed by atoms with E-state index in [1.807, 2.05) is 17.5 Å². The van der Waals surface area contributed by atoms with E-state index in [1.54, 1.807) is 14.0 Å². The molecule has 0 fully saturated rings. The van der Waals surface area contributed by atoms with Crippen LogP contribution >= 0.6 is 11.3 Å². The molecule has 0 radical (unpaired) electrons. The quantitative estimate of drug-likeness (QED) is 0.912. The minimum atomic E-state index is -0.760. The summed E-state index contributed by atoms with van der Waals surface area (Å²) in [6, 6.07) is 5.93. The number of benzene rings is 1. The fraction of sp³-hybridized carbons (Fsp3) is 0.267. The molecule has 1 aromatic carbocycles. The van der Waals surface area contributed by atoms with Gasteiger partial charge in [0.05, 0.1) is 6.54 Å². The topological polar surface area (TPSA) is 32.3 Å². The summed E-state index contributed by atoms with van der Waals surface area (Å²) < 4.78 is 27.7. The zero-order valence-corrected chi connectivity index (χ0v) is 12.6. The van der Waals surface area contributed by atoms with Crippen LogP contribution in [0.4, 0.5) is 14.5 Å². The number of nitrogens with zero attached hydrogens (tertiary/aromatic N) is 1. The molecule has 0 spiro atoms. The zero-order valence-electron chi connectivity index (χ0n) is 11.8. The van der Waals surface area contributed by atoms with Gasteiger partial charge in [0.15, 0.2) is 0 Å². The third-order valence-corrected chi connectivity index (χ3v) is 3.82. The van der Waals surface area contributed by atoms with Crippen molar-refractivity contribution < 1.29 is 13.6 Å². The van der Waals surface area contributed by atoms with Gasteiger partial charge in [0.1, 0.15) is 17.3 Å². The van der Waals surface area contributed by atoms with E-state index in [0.29, 0.717) is 13.1 Å². The number of amides is 1. The summed E-state index contributed by atoms with van der Waals surface area (Å²) in [7, 11) is 1.61. The Morgan fingerprint density at radius 3 is 2.52 bits per heavy atom. The van der Waals surface area contributed by atoms with Crippen molar-refractivity contribution in [2.45, 2.75) is 13.5 Å². The standard InChI is InChI=1S/C15H16F2N2OS/c1-3-18-14-12(16)7-10(8-13(14)17)15(20)19(2)9-11-5-4-6-21-11/h4-8,18H,3,9H2,1-2H3. The van der Waals surface area contributed by atoms with Crippen LogP contribution in [-0.4, -0.2) is 24.4 Å². The molecule has 1 aromatic heterocycles. The highest BCUT2D eigenvalue weighted by molar-refractivity contribution is 7.09. The van der Waals surface area contributed by atoms with Crippen molar-refractivity contribution in [2.75, 3.05) is 18.9 Å². The molecular formula is C15H16F2N2OS. The van der Waals surface area contributed by atoms with Crippen molar-refractivity contribution in [1.29, 1.82) is 0 Å². The van der Waals surface area contributed by atoms with Crippen LogP contribution in [-0.2, 0) is 6.54 Å². The van der Waals surface area contributed by atoms with Crippen molar-refractivity contribution in [2.24, 2.45) is 0 Å². The lowest BCUT2D eigenvalue weighted by atomic mass is 10.1. The van der Waals surface area contributed by atoms with Crippen molar-refractivity contribution >= 4 is 22.9 Å². The van der Waals surface area contributed by atoms with Gasteiger partial charge in [-0.3, -0.25) is 4.79 Å². The van der Waals surface area contributed by atoms with Crippen LogP contribution in [0, 0.1) is 11.6 Å². The number of anilines is 1. The smallest absolute Gasteiger partial charge is 0.254 e. The van der Waals surface area contributed by atoms with E-state index < -0.39 is 17.5 Å². The summed E-state index contributed by atoms with van der Waals surface area (Å²) in [5.74, 6) is -1.93. The molecule has 0 atom stereocenters. The van der Waals surface area contributed by atoms with Crippen LogP contribution in [0.3, 0.4) is 0 Å². The number of carbonyl (C=O) groups excluding carboxylic acids is 1. The second-order valence-electron chi connectivity index (χ2n) is 4.59. The largest absolute Gasteiger partial charge is 0.381 e. The number of hydrogen-bond donors (Lipinski definition) is 1. The molecular weight excluding hydrogens is 294 g/mol. The lowest BCUT2D eigenvalue weighted by Gasteiger charge is -2.17. The Morgan fingerprint density at radius 1 is 1.33 bits per heavy atom. The van der Waals surface area contributed by atoms with E-state index in [0.717, 1.165) is 17.0 Å². The first-order valence-electron chi connectivity index (χ1n) is 6.53. The summed E-state index contributed by atoms with van der Waals surface area (Å²) >= 11 is 1.53. The van der Waals surface area contributed by atoms with Gasteiger partial charge in [0, 0.05) is 24.0 Å². The van der Waals surface area contributed by atoms with Gasteiger partial charge in [0.25, 0.3) is 5.91 Å². The highest BCUT2D eigenvalue weighted by atomic mass is 32.1. The lowest BCUT2D eigenvalue weighted by Crippen LogP contribution is -2.26. The van der Waals surface area contributed by atoms with E-state index in [4.69, 9.17) is 0 Å². The Hall–Kier alpha value is -1.95. The second kappa shape index (κ2) is 6.67. The van der Waals surface area contributed by atoms with Gasteiger partial charge in [-0.1, -0.05) is 6.07 Å². The van der Waals surface area contributed by atoms with E-state index >= 15 is 0 Å². The van der Waals surface area contributed by atoms with E-state index in [1.165, 1.54) is 16.2 Å². The summed E-state index contributed by atoms with van der Waals surface area (Å²) in [5.41, 5.74) is -0.194. The SMILES string of the molecule is CCNc1c(F)cc(C(=O)N(C)Cc2cccs2)cc1F. The van der Waals surface area contributed by atoms with Crippen LogP contribution in [0.1, 0.15) is 22.2 Å². The van der Waals surface area contributed by atoms with E-state index in [9.17, 15) is 13.6 Å². The maximum absolute atomic E-state index is 13.8. The number of rotatable bonds is 5. The van der Waals surface area contributed by atoms with Crippen molar-refractivity contribution in [3.8, 4) is 0 Å². The van der Waals surface area contributed by atoms with Gasteiger partial charge in [-0.15, -0.1) is 11.3 Å². The summed E-state index contributed by atoms with van der Waals surface area (Å²) in [6.45, 7) is 2.56. The average Bonchev–Trinajstić information content (AvgIpc) is 2.94.